The Balaban J connectivity index is 2.15. The lowest BCUT2D eigenvalue weighted by atomic mass is 10.2. The molecule has 2 rings (SSSR count). The summed E-state index contributed by atoms with van der Waals surface area (Å²) in [5.74, 6) is 0. The molecule has 0 aromatic heterocycles. The highest BCUT2D eigenvalue weighted by molar-refractivity contribution is 9.10. The van der Waals surface area contributed by atoms with Gasteiger partial charge in [-0.25, -0.2) is 0 Å². The molecule has 0 saturated carbocycles. The minimum Gasteiger partial charge on any atom is -0.370 e. The fourth-order valence-corrected chi connectivity index (χ4v) is 3.47. The van der Waals surface area contributed by atoms with Crippen molar-refractivity contribution in [1.29, 1.82) is 0 Å². The maximum Gasteiger partial charge on any atom is 0.0426 e. The molecule has 0 amide bonds. The van der Waals surface area contributed by atoms with Gasteiger partial charge in [0.15, 0.2) is 0 Å². The maximum atomic E-state index is 6.01. The van der Waals surface area contributed by atoms with Crippen molar-refractivity contribution in [2.45, 2.75) is 11.9 Å². The van der Waals surface area contributed by atoms with E-state index in [2.05, 4.69) is 68.1 Å². The molecule has 0 N–H and O–H groups in total. The molecule has 0 fully saturated rings. The van der Waals surface area contributed by atoms with Crippen LogP contribution in [0.5, 0.6) is 0 Å². The third kappa shape index (κ3) is 3.98. The van der Waals surface area contributed by atoms with E-state index in [1.165, 1.54) is 16.8 Å². The van der Waals surface area contributed by atoms with Crippen molar-refractivity contribution in [3.05, 3.63) is 63.1 Å². The maximum absolute atomic E-state index is 6.01. The molecule has 100 valence electrons. The van der Waals surface area contributed by atoms with Crippen molar-refractivity contribution in [3.8, 4) is 0 Å². The molecule has 0 bridgehead atoms. The molecule has 4 heteroatoms. The first kappa shape index (κ1) is 14.9. The van der Waals surface area contributed by atoms with Gasteiger partial charge in [0, 0.05) is 34.1 Å². The van der Waals surface area contributed by atoms with Crippen molar-refractivity contribution in [2.75, 3.05) is 11.9 Å². The van der Waals surface area contributed by atoms with Crippen molar-refractivity contribution >= 4 is 49.1 Å². The first-order valence-electron chi connectivity index (χ1n) is 5.90. The summed E-state index contributed by atoms with van der Waals surface area (Å²) < 4.78 is 1.12. The van der Waals surface area contributed by atoms with E-state index in [4.69, 9.17) is 11.6 Å². The highest BCUT2D eigenvalue weighted by Crippen LogP contribution is 2.26. The zero-order valence-corrected chi connectivity index (χ0v) is 14.5. The van der Waals surface area contributed by atoms with Gasteiger partial charge >= 0.3 is 0 Å². The van der Waals surface area contributed by atoms with Crippen LogP contribution in [-0.2, 0) is 11.9 Å². The van der Waals surface area contributed by atoms with E-state index in [-0.39, 0.29) is 0 Å². The van der Waals surface area contributed by atoms with Gasteiger partial charge in [0.05, 0.1) is 0 Å². The summed E-state index contributed by atoms with van der Waals surface area (Å²) in [4.78, 5) is 2.20. The summed E-state index contributed by atoms with van der Waals surface area (Å²) >= 11 is 13.1. The lowest BCUT2D eigenvalue weighted by molar-refractivity contribution is 0.922. The SMILES string of the molecule is CN(Cc1cccc(Cl)c1)c1ccc(CBr)c(Br)c1. The van der Waals surface area contributed by atoms with Gasteiger partial charge in [0.1, 0.15) is 0 Å². The Morgan fingerprint density at radius 2 is 1.95 bits per heavy atom. The standard InChI is InChI=1S/C15H14Br2ClN/c1-19(10-11-3-2-4-13(18)7-11)14-6-5-12(9-16)15(17)8-14/h2-8H,9-10H2,1H3. The third-order valence-electron chi connectivity index (χ3n) is 2.93. The van der Waals surface area contributed by atoms with Crippen LogP contribution in [-0.4, -0.2) is 7.05 Å². The molecule has 0 aliphatic heterocycles. The highest BCUT2D eigenvalue weighted by atomic mass is 79.9. The van der Waals surface area contributed by atoms with E-state index in [1.54, 1.807) is 0 Å². The third-order valence-corrected chi connectivity index (χ3v) is 4.51. The number of nitrogens with zero attached hydrogens (tertiary/aromatic N) is 1. The molecule has 0 aliphatic rings. The molecular weight excluding hydrogens is 389 g/mol. The summed E-state index contributed by atoms with van der Waals surface area (Å²) in [6.45, 7) is 0.834. The van der Waals surface area contributed by atoms with Gasteiger partial charge in [0.2, 0.25) is 0 Å². The van der Waals surface area contributed by atoms with Crippen LogP contribution >= 0.6 is 43.5 Å². The lowest BCUT2D eigenvalue weighted by Crippen LogP contribution is -2.16. The zero-order valence-electron chi connectivity index (χ0n) is 10.5. The fraction of sp³-hybridized carbons (Fsp3) is 0.200. The van der Waals surface area contributed by atoms with Crippen LogP contribution in [0.25, 0.3) is 0 Å². The topological polar surface area (TPSA) is 3.24 Å². The normalized spacial score (nSPS) is 10.5. The molecule has 0 spiro atoms. The van der Waals surface area contributed by atoms with Gasteiger partial charge in [-0.15, -0.1) is 0 Å². The molecule has 2 aromatic carbocycles. The fourth-order valence-electron chi connectivity index (χ4n) is 1.88. The van der Waals surface area contributed by atoms with Crippen LogP contribution in [0, 0.1) is 0 Å². The molecule has 0 atom stereocenters. The number of hydrogen-bond donors (Lipinski definition) is 0. The van der Waals surface area contributed by atoms with Crippen molar-refractivity contribution in [3.63, 3.8) is 0 Å². The lowest BCUT2D eigenvalue weighted by Gasteiger charge is -2.20. The smallest absolute Gasteiger partial charge is 0.0426 e. The van der Waals surface area contributed by atoms with Crippen LogP contribution in [0.4, 0.5) is 5.69 Å². The molecule has 0 heterocycles. The average Bonchev–Trinajstić information content (AvgIpc) is 2.38. The molecule has 0 saturated heterocycles. The molecule has 1 nitrogen and oxygen atoms in total. The summed E-state index contributed by atoms with van der Waals surface area (Å²) in [5.41, 5.74) is 3.63. The van der Waals surface area contributed by atoms with Crippen molar-refractivity contribution < 1.29 is 0 Å². The van der Waals surface area contributed by atoms with E-state index in [9.17, 15) is 0 Å². The molecular formula is C15H14Br2ClN. The average molecular weight is 404 g/mol. The number of halogens is 3. The van der Waals surface area contributed by atoms with E-state index >= 15 is 0 Å². The van der Waals surface area contributed by atoms with E-state index < -0.39 is 0 Å². The van der Waals surface area contributed by atoms with E-state index in [1.807, 2.05) is 18.2 Å². The largest absolute Gasteiger partial charge is 0.370 e. The van der Waals surface area contributed by atoms with Crippen molar-refractivity contribution in [1.82, 2.24) is 0 Å². The van der Waals surface area contributed by atoms with E-state index in [0.29, 0.717) is 0 Å². The number of anilines is 1. The number of benzene rings is 2. The summed E-state index contributed by atoms with van der Waals surface area (Å²) in [7, 11) is 2.08. The van der Waals surface area contributed by atoms with Gasteiger partial charge in [-0.2, -0.15) is 0 Å². The second kappa shape index (κ2) is 6.78. The first-order chi connectivity index (χ1) is 9.10. The van der Waals surface area contributed by atoms with Crippen LogP contribution in [0.15, 0.2) is 46.9 Å². The van der Waals surface area contributed by atoms with Crippen molar-refractivity contribution in [2.24, 2.45) is 0 Å². The molecule has 0 radical (unpaired) electrons. The number of rotatable bonds is 4. The molecule has 2 aromatic rings. The predicted molar refractivity (Wildman–Crippen MR) is 90.3 cm³/mol. The van der Waals surface area contributed by atoms with Gasteiger partial charge in [-0.3, -0.25) is 0 Å². The van der Waals surface area contributed by atoms with Crippen LogP contribution in [0.1, 0.15) is 11.1 Å². The van der Waals surface area contributed by atoms with E-state index in [0.717, 1.165) is 21.4 Å². The highest BCUT2D eigenvalue weighted by Gasteiger charge is 2.05. The second-order valence-corrected chi connectivity index (χ2v) is 6.25. The number of hydrogen-bond acceptors (Lipinski definition) is 1. The first-order valence-corrected chi connectivity index (χ1v) is 8.19. The summed E-state index contributed by atoms with van der Waals surface area (Å²) in [6.07, 6.45) is 0. The van der Waals surface area contributed by atoms with Crippen LogP contribution in [0.3, 0.4) is 0 Å². The Labute approximate surface area is 135 Å². The summed E-state index contributed by atoms with van der Waals surface area (Å²) in [5, 5.41) is 1.63. The quantitative estimate of drug-likeness (QED) is 0.598. The Hall–Kier alpha value is -0.510. The van der Waals surface area contributed by atoms with Crippen LogP contribution < -0.4 is 4.90 Å². The van der Waals surface area contributed by atoms with Crippen LogP contribution in [0.2, 0.25) is 5.02 Å². The molecule has 0 aliphatic carbocycles. The number of alkyl halides is 1. The second-order valence-electron chi connectivity index (χ2n) is 4.40. The molecule has 19 heavy (non-hydrogen) atoms. The monoisotopic (exact) mass is 401 g/mol. The van der Waals surface area contributed by atoms with Gasteiger partial charge in [-0.1, -0.05) is 61.7 Å². The minimum absolute atomic E-state index is 0.779. The van der Waals surface area contributed by atoms with Gasteiger partial charge in [0.25, 0.3) is 0 Å². The molecule has 0 unspecified atom stereocenters. The Morgan fingerprint density at radius 3 is 2.58 bits per heavy atom. The minimum atomic E-state index is 0.779. The van der Waals surface area contributed by atoms with Gasteiger partial charge in [-0.05, 0) is 35.4 Å². The summed E-state index contributed by atoms with van der Waals surface area (Å²) in [6, 6.07) is 14.4. The Kier molecular flexibility index (Phi) is 5.31. The predicted octanol–water partition coefficient (Wildman–Crippen LogP) is 5.63. The zero-order chi connectivity index (χ0) is 13.8. The Morgan fingerprint density at radius 1 is 1.16 bits per heavy atom. The van der Waals surface area contributed by atoms with Gasteiger partial charge < -0.3 is 4.90 Å². The Bertz CT molecular complexity index is 572.